The van der Waals surface area contributed by atoms with Crippen LogP contribution in [0, 0.1) is 0 Å². The zero-order valence-corrected chi connectivity index (χ0v) is 24.3. The number of fused-ring (bicyclic) bond motifs is 10. The third kappa shape index (κ3) is 3.39. The topological polar surface area (TPSA) is 70.3 Å². The smallest absolute Gasteiger partial charge is 0.373 e. The van der Waals surface area contributed by atoms with Crippen LogP contribution in [0.5, 0.6) is 0 Å². The molecule has 4 heterocycles. The minimum Gasteiger partial charge on any atom is -0.423 e. The predicted molar refractivity (Wildman–Crippen MR) is 183 cm³/mol. The van der Waals surface area contributed by atoms with E-state index >= 15 is 0 Å². The highest BCUT2D eigenvalue weighted by Crippen LogP contribution is 2.42. The second-order valence-electron chi connectivity index (χ2n) is 11.5. The molecule has 0 N–H and O–H groups in total. The van der Waals surface area contributed by atoms with Gasteiger partial charge in [-0.25, -0.2) is 9.20 Å². The number of hydrogen-bond acceptors (Lipinski definition) is 4. The Kier molecular flexibility index (Phi) is 5.02. The van der Waals surface area contributed by atoms with Crippen LogP contribution in [0.15, 0.2) is 149 Å². The van der Waals surface area contributed by atoms with Crippen molar-refractivity contribution >= 4 is 60.6 Å². The van der Waals surface area contributed by atoms with Gasteiger partial charge in [0.25, 0.3) is 0 Å². The molecule has 0 fully saturated rings. The van der Waals surface area contributed by atoms with E-state index in [9.17, 15) is 4.79 Å². The molecule has 0 aliphatic carbocycles. The number of hydrogen-bond donors (Lipinski definition) is 0. The van der Waals surface area contributed by atoms with Crippen molar-refractivity contribution in [1.82, 2.24) is 23.5 Å². The number of oxazole rings is 1. The second-order valence-corrected chi connectivity index (χ2v) is 11.5. The molecule has 7 nitrogen and oxygen atoms in total. The molecule has 6 aromatic carbocycles. The summed E-state index contributed by atoms with van der Waals surface area (Å²) in [4.78, 5) is 21.0. The highest BCUT2D eigenvalue weighted by molar-refractivity contribution is 6.23. The normalized spacial score (nSPS) is 12.0. The summed E-state index contributed by atoms with van der Waals surface area (Å²) < 4.78 is 12.7. The molecule has 0 saturated heterocycles. The van der Waals surface area contributed by atoms with Crippen molar-refractivity contribution in [3.63, 3.8) is 0 Å². The Bertz CT molecular complexity index is 2880. The predicted octanol–water partition coefficient (Wildman–Crippen LogP) is 8.70. The van der Waals surface area contributed by atoms with Crippen molar-refractivity contribution < 1.29 is 4.42 Å². The van der Waals surface area contributed by atoms with Gasteiger partial charge in [-0.1, -0.05) is 97.1 Å². The van der Waals surface area contributed by atoms with Gasteiger partial charge in [-0.3, -0.25) is 0 Å². The number of aromatic nitrogens is 5. The fourth-order valence-electron chi connectivity index (χ4n) is 7.07. The van der Waals surface area contributed by atoms with Crippen LogP contribution in [0.2, 0.25) is 0 Å². The fourth-order valence-corrected chi connectivity index (χ4v) is 7.07. The molecule has 10 aromatic rings. The van der Waals surface area contributed by atoms with E-state index in [1.807, 2.05) is 40.8 Å². The van der Waals surface area contributed by atoms with Gasteiger partial charge in [0.2, 0.25) is 0 Å². The summed E-state index contributed by atoms with van der Waals surface area (Å²) in [5.41, 5.74) is 8.14. The van der Waals surface area contributed by atoms with Crippen molar-refractivity contribution in [2.45, 2.75) is 0 Å². The monoisotopic (exact) mass is 593 g/mol. The highest BCUT2D eigenvalue weighted by atomic mass is 16.4. The molecule has 0 aliphatic rings. The van der Waals surface area contributed by atoms with E-state index in [0.717, 1.165) is 49.9 Å². The van der Waals surface area contributed by atoms with Crippen molar-refractivity contribution in [2.24, 2.45) is 0 Å². The Labute approximate surface area is 260 Å². The molecule has 0 amide bonds. The third-order valence-electron chi connectivity index (χ3n) is 8.95. The average Bonchev–Trinajstić information content (AvgIpc) is 3.76. The van der Waals surface area contributed by atoms with E-state index in [1.165, 1.54) is 16.2 Å². The van der Waals surface area contributed by atoms with Crippen molar-refractivity contribution in [2.75, 3.05) is 0 Å². The van der Waals surface area contributed by atoms with E-state index in [2.05, 4.69) is 122 Å². The van der Waals surface area contributed by atoms with Gasteiger partial charge in [-0.05, 0) is 42.5 Å². The molecule has 0 radical (unpaired) electrons. The molecule has 0 aliphatic heterocycles. The summed E-state index contributed by atoms with van der Waals surface area (Å²) in [6.45, 7) is 0. The zero-order valence-electron chi connectivity index (χ0n) is 24.3. The molecule has 0 unspecified atom stereocenters. The molecule has 7 heteroatoms. The lowest BCUT2D eigenvalue weighted by Crippen LogP contribution is -2.14. The van der Waals surface area contributed by atoms with Gasteiger partial charge in [0.05, 0.1) is 27.6 Å². The largest absolute Gasteiger partial charge is 0.423 e. The first-order valence-corrected chi connectivity index (χ1v) is 15.1. The summed E-state index contributed by atoms with van der Waals surface area (Å²) >= 11 is 0. The minimum absolute atomic E-state index is 0.208. The first kappa shape index (κ1) is 24.9. The Morgan fingerprint density at radius 2 is 1.09 bits per heavy atom. The molecular weight excluding hydrogens is 570 g/mol. The van der Waals surface area contributed by atoms with Gasteiger partial charge in [-0.15, -0.1) is 4.98 Å². The average molecular weight is 594 g/mol. The molecule has 46 heavy (non-hydrogen) atoms. The van der Waals surface area contributed by atoms with E-state index < -0.39 is 5.69 Å². The second kappa shape index (κ2) is 9.27. The fraction of sp³-hybridized carbons (Fsp3) is 0. The molecule has 0 atom stereocenters. The maximum Gasteiger partial charge on any atom is 0.373 e. The van der Waals surface area contributed by atoms with E-state index in [-0.39, 0.29) is 5.84 Å². The molecule has 0 spiro atoms. The molecule has 216 valence electrons. The zero-order chi connectivity index (χ0) is 30.4. The van der Waals surface area contributed by atoms with Crippen LogP contribution in [0.4, 0.5) is 0 Å². The van der Waals surface area contributed by atoms with E-state index in [1.54, 1.807) is 0 Å². The SMILES string of the molecule is O=c1nc(-c2ccccc2)n2c(n1)oc1ccc(-n3c4ccccc4c4ccc5c6ccccc6n(-c6ccccc6)c5c43)cc12. The highest BCUT2D eigenvalue weighted by Gasteiger charge is 2.22. The van der Waals surface area contributed by atoms with Crippen LogP contribution in [0.3, 0.4) is 0 Å². The van der Waals surface area contributed by atoms with Gasteiger partial charge >= 0.3 is 11.5 Å². The molecule has 4 aromatic heterocycles. The van der Waals surface area contributed by atoms with Gasteiger partial charge in [0.15, 0.2) is 11.4 Å². The van der Waals surface area contributed by atoms with Gasteiger partial charge < -0.3 is 13.6 Å². The van der Waals surface area contributed by atoms with Crippen LogP contribution in [0.25, 0.3) is 83.3 Å². The lowest BCUT2D eigenvalue weighted by molar-refractivity contribution is 0.630. The van der Waals surface area contributed by atoms with E-state index in [0.29, 0.717) is 11.4 Å². The number of benzene rings is 6. The molecule has 10 rings (SSSR count). The number of rotatable bonds is 3. The Morgan fingerprint density at radius 3 is 1.76 bits per heavy atom. The van der Waals surface area contributed by atoms with Crippen LogP contribution < -0.4 is 5.69 Å². The number of nitrogens with zero attached hydrogens (tertiary/aromatic N) is 5. The Morgan fingerprint density at radius 1 is 0.500 bits per heavy atom. The summed E-state index contributed by atoms with van der Waals surface area (Å²) in [6, 6.07) is 47.9. The van der Waals surface area contributed by atoms with Crippen LogP contribution >= 0.6 is 0 Å². The lowest BCUT2D eigenvalue weighted by Gasteiger charge is -2.12. The van der Waals surface area contributed by atoms with Crippen LogP contribution in [0.1, 0.15) is 0 Å². The summed E-state index contributed by atoms with van der Waals surface area (Å²) in [5, 5.41) is 4.71. The van der Waals surface area contributed by atoms with Gasteiger partial charge in [0.1, 0.15) is 0 Å². The summed E-state index contributed by atoms with van der Waals surface area (Å²) in [5.74, 6) is 0.695. The van der Waals surface area contributed by atoms with Crippen LogP contribution in [-0.2, 0) is 0 Å². The van der Waals surface area contributed by atoms with E-state index in [4.69, 9.17) is 4.42 Å². The van der Waals surface area contributed by atoms with Gasteiger partial charge in [-0.2, -0.15) is 4.98 Å². The van der Waals surface area contributed by atoms with Crippen LogP contribution in [-0.4, -0.2) is 23.5 Å². The Balaban J connectivity index is 1.38. The lowest BCUT2D eigenvalue weighted by atomic mass is 10.1. The van der Waals surface area contributed by atoms with Crippen molar-refractivity contribution in [3.8, 4) is 22.8 Å². The Hall–Kier alpha value is -6.47. The number of para-hydroxylation sites is 3. The molecule has 0 bridgehead atoms. The maximum atomic E-state index is 12.5. The minimum atomic E-state index is -0.586. The van der Waals surface area contributed by atoms with Crippen molar-refractivity contribution in [3.05, 3.63) is 150 Å². The summed E-state index contributed by atoms with van der Waals surface area (Å²) in [6.07, 6.45) is 0. The maximum absolute atomic E-state index is 12.5. The summed E-state index contributed by atoms with van der Waals surface area (Å²) in [7, 11) is 0. The quantitative estimate of drug-likeness (QED) is 0.205. The van der Waals surface area contributed by atoms with Gasteiger partial charge in [0, 0.05) is 38.5 Å². The molecular formula is C39H23N5O2. The first-order valence-electron chi connectivity index (χ1n) is 15.1. The standard InChI is InChI=1S/C39H23N5O2/c45-38-40-37(24-11-3-1-4-12-24)44-33-23-26(19-22-34(33)46-39(44)41-38)43-32-18-10-8-16-28(32)30-21-20-29-27-15-7-9-17-31(27)42(35(29)36(30)43)25-13-5-2-6-14-25/h1-23H. The first-order chi connectivity index (χ1) is 22.7. The molecule has 0 saturated carbocycles. The third-order valence-corrected chi connectivity index (χ3v) is 8.95. The van der Waals surface area contributed by atoms with Crippen molar-refractivity contribution in [1.29, 1.82) is 0 Å².